The maximum atomic E-state index is 13.0. The van der Waals surface area contributed by atoms with Crippen LogP contribution in [0.3, 0.4) is 0 Å². The van der Waals surface area contributed by atoms with E-state index in [2.05, 4.69) is 0 Å². The molecule has 0 spiro atoms. The number of hydrogen-bond donors (Lipinski definition) is 2. The summed E-state index contributed by atoms with van der Waals surface area (Å²) in [4.78, 5) is 20.1. The van der Waals surface area contributed by atoms with Gasteiger partial charge in [0, 0.05) is 31.6 Å². The second-order valence-corrected chi connectivity index (χ2v) is 4.99. The van der Waals surface area contributed by atoms with Crippen LogP contribution < -0.4 is 11.5 Å². The molecule has 2 atom stereocenters. The first kappa shape index (κ1) is 19.8. The minimum atomic E-state index is -5.12. The molecule has 2 unspecified atom stereocenters. The summed E-state index contributed by atoms with van der Waals surface area (Å²) in [5.74, 6) is 0. The highest BCUT2D eigenvalue weighted by Gasteiger charge is 2.60. The summed E-state index contributed by atoms with van der Waals surface area (Å²) >= 11 is 0. The standard InChI is InChI=1S/C11H15F3N4O6/c1-23-7(24-2)4-10(16)6(17(19)20)3-5(11(12,13)14)8(15)9(10)18(21)22/h3,7,9H,4,15-16H2,1-2H3. The van der Waals surface area contributed by atoms with Gasteiger partial charge in [-0.15, -0.1) is 0 Å². The van der Waals surface area contributed by atoms with E-state index in [-0.39, 0.29) is 6.08 Å². The highest BCUT2D eigenvalue weighted by Crippen LogP contribution is 2.40. The second kappa shape index (κ2) is 6.70. The van der Waals surface area contributed by atoms with E-state index in [0.717, 1.165) is 14.2 Å². The van der Waals surface area contributed by atoms with Gasteiger partial charge in [-0.25, -0.2) is 0 Å². The normalized spacial score (nSPS) is 25.0. The average Bonchev–Trinajstić information content (AvgIpc) is 2.42. The Morgan fingerprint density at radius 1 is 1.33 bits per heavy atom. The van der Waals surface area contributed by atoms with Crippen LogP contribution in [-0.4, -0.2) is 48.1 Å². The number of allylic oxidation sites excluding steroid dienone is 2. The zero-order chi connectivity index (χ0) is 18.9. The lowest BCUT2D eigenvalue weighted by molar-refractivity contribution is -0.535. The van der Waals surface area contributed by atoms with Gasteiger partial charge in [0.15, 0.2) is 11.8 Å². The maximum Gasteiger partial charge on any atom is 0.418 e. The van der Waals surface area contributed by atoms with Gasteiger partial charge in [-0.2, -0.15) is 13.2 Å². The fourth-order valence-electron chi connectivity index (χ4n) is 2.44. The molecule has 0 radical (unpaired) electrons. The second-order valence-electron chi connectivity index (χ2n) is 4.99. The summed E-state index contributed by atoms with van der Waals surface area (Å²) in [6, 6.07) is -2.38. The lowest BCUT2D eigenvalue weighted by atomic mass is 9.77. The lowest BCUT2D eigenvalue weighted by Crippen LogP contribution is -2.62. The number of hydrogen-bond acceptors (Lipinski definition) is 8. The predicted octanol–water partition coefficient (Wildman–Crippen LogP) is 0.288. The number of ether oxygens (including phenoxy) is 2. The first-order valence-electron chi connectivity index (χ1n) is 6.31. The summed E-state index contributed by atoms with van der Waals surface area (Å²) in [7, 11) is 2.27. The van der Waals surface area contributed by atoms with Crippen molar-refractivity contribution in [3.8, 4) is 0 Å². The third-order valence-electron chi connectivity index (χ3n) is 3.59. The van der Waals surface area contributed by atoms with Crippen LogP contribution in [0.25, 0.3) is 0 Å². The number of nitrogens with two attached hydrogens (primary N) is 2. The van der Waals surface area contributed by atoms with Crippen molar-refractivity contribution >= 4 is 0 Å². The van der Waals surface area contributed by atoms with Gasteiger partial charge in [0.1, 0.15) is 0 Å². The van der Waals surface area contributed by atoms with E-state index < -0.39 is 57.3 Å². The molecule has 0 amide bonds. The average molecular weight is 356 g/mol. The Morgan fingerprint density at radius 2 is 1.83 bits per heavy atom. The summed E-state index contributed by atoms with van der Waals surface area (Å²) in [6.07, 6.45) is -6.91. The highest BCUT2D eigenvalue weighted by molar-refractivity contribution is 5.43. The van der Waals surface area contributed by atoms with Gasteiger partial charge in [0.25, 0.3) is 11.7 Å². The lowest BCUT2D eigenvalue weighted by Gasteiger charge is -2.34. The van der Waals surface area contributed by atoms with Gasteiger partial charge in [-0.3, -0.25) is 20.2 Å². The minimum absolute atomic E-state index is 0.109. The molecule has 4 N–H and O–H groups in total. The number of alkyl halides is 3. The van der Waals surface area contributed by atoms with Gasteiger partial charge < -0.3 is 20.9 Å². The molecule has 0 aromatic carbocycles. The maximum absolute atomic E-state index is 13.0. The van der Waals surface area contributed by atoms with E-state index >= 15 is 0 Å². The zero-order valence-electron chi connectivity index (χ0n) is 12.6. The van der Waals surface area contributed by atoms with Crippen molar-refractivity contribution in [2.45, 2.75) is 30.5 Å². The number of rotatable bonds is 6. The monoisotopic (exact) mass is 356 g/mol. The first-order chi connectivity index (χ1) is 10.9. The van der Waals surface area contributed by atoms with Crippen molar-refractivity contribution in [3.05, 3.63) is 43.3 Å². The van der Waals surface area contributed by atoms with Gasteiger partial charge in [-0.05, 0) is 0 Å². The number of nitrogens with zero attached hydrogens (tertiary/aromatic N) is 2. The van der Waals surface area contributed by atoms with Crippen LogP contribution in [-0.2, 0) is 9.47 Å². The fraction of sp³-hybridized carbons (Fsp3) is 0.636. The van der Waals surface area contributed by atoms with E-state index in [1.807, 2.05) is 0 Å². The topological polar surface area (TPSA) is 157 Å². The van der Waals surface area contributed by atoms with E-state index in [4.69, 9.17) is 20.9 Å². The molecule has 1 aliphatic rings. The molecule has 1 rings (SSSR count). The van der Waals surface area contributed by atoms with Crippen molar-refractivity contribution in [2.75, 3.05) is 14.2 Å². The summed E-state index contributed by atoms with van der Waals surface area (Å²) < 4.78 is 48.6. The molecule has 0 aromatic heterocycles. The Morgan fingerprint density at radius 3 is 2.17 bits per heavy atom. The molecule has 13 heteroatoms. The molecule has 0 saturated carbocycles. The predicted molar refractivity (Wildman–Crippen MR) is 72.5 cm³/mol. The van der Waals surface area contributed by atoms with Crippen LogP contribution in [0.15, 0.2) is 23.0 Å². The van der Waals surface area contributed by atoms with Gasteiger partial charge in [-0.1, -0.05) is 0 Å². The Balaban J connectivity index is 3.63. The van der Waals surface area contributed by atoms with Crippen molar-refractivity contribution in [3.63, 3.8) is 0 Å². The molecular formula is C11H15F3N4O6. The van der Waals surface area contributed by atoms with Gasteiger partial charge >= 0.3 is 6.18 Å². The number of halogens is 3. The summed E-state index contributed by atoms with van der Waals surface area (Å²) in [5.41, 5.74) is 4.53. The zero-order valence-corrected chi connectivity index (χ0v) is 12.6. The molecule has 10 nitrogen and oxygen atoms in total. The third kappa shape index (κ3) is 3.47. The van der Waals surface area contributed by atoms with Crippen LogP contribution >= 0.6 is 0 Å². The van der Waals surface area contributed by atoms with Gasteiger partial charge in [0.05, 0.1) is 16.2 Å². The van der Waals surface area contributed by atoms with Crippen LogP contribution in [0.4, 0.5) is 13.2 Å². The third-order valence-corrected chi connectivity index (χ3v) is 3.59. The van der Waals surface area contributed by atoms with Gasteiger partial charge in [0.2, 0.25) is 0 Å². The molecule has 1 aliphatic carbocycles. The molecule has 136 valence electrons. The van der Waals surface area contributed by atoms with Crippen molar-refractivity contribution < 1.29 is 32.5 Å². The van der Waals surface area contributed by atoms with E-state index in [1.54, 1.807) is 0 Å². The van der Waals surface area contributed by atoms with Crippen LogP contribution in [0.1, 0.15) is 6.42 Å². The molecular weight excluding hydrogens is 341 g/mol. The fourth-order valence-corrected chi connectivity index (χ4v) is 2.44. The molecule has 24 heavy (non-hydrogen) atoms. The Bertz CT molecular complexity index is 601. The van der Waals surface area contributed by atoms with Crippen LogP contribution in [0.5, 0.6) is 0 Å². The molecule has 0 aliphatic heterocycles. The molecule has 0 saturated heterocycles. The number of methoxy groups -OCH3 is 2. The van der Waals surface area contributed by atoms with Crippen LogP contribution in [0, 0.1) is 20.2 Å². The van der Waals surface area contributed by atoms with Crippen molar-refractivity contribution in [1.29, 1.82) is 0 Å². The van der Waals surface area contributed by atoms with E-state index in [9.17, 15) is 33.4 Å². The highest BCUT2D eigenvalue weighted by atomic mass is 19.4. The van der Waals surface area contributed by atoms with Crippen LogP contribution in [0.2, 0.25) is 0 Å². The Labute approximate surface area is 133 Å². The smallest absolute Gasteiger partial charge is 0.396 e. The molecule has 0 fully saturated rings. The Kier molecular flexibility index (Phi) is 5.53. The Hall–Kier alpha value is -2.25. The molecule has 0 bridgehead atoms. The van der Waals surface area contributed by atoms with E-state index in [1.165, 1.54) is 0 Å². The quantitative estimate of drug-likeness (QED) is 0.390. The van der Waals surface area contributed by atoms with Crippen molar-refractivity contribution in [2.24, 2.45) is 11.5 Å². The largest absolute Gasteiger partial charge is 0.418 e. The first-order valence-corrected chi connectivity index (χ1v) is 6.31. The number of nitro groups is 2. The molecule has 0 aromatic rings. The summed E-state index contributed by atoms with van der Waals surface area (Å²) in [5, 5.41) is 22.5. The van der Waals surface area contributed by atoms with E-state index in [0.29, 0.717) is 0 Å². The van der Waals surface area contributed by atoms with Crippen molar-refractivity contribution in [1.82, 2.24) is 0 Å². The SMILES string of the molecule is COC(CC1(N)C([N+](=O)[O-])=CC(C(F)(F)F)=C(N)C1[N+](=O)[O-])OC. The summed E-state index contributed by atoms with van der Waals surface area (Å²) in [6.45, 7) is 0. The molecule has 0 heterocycles. The minimum Gasteiger partial charge on any atom is -0.396 e.